The largest absolute Gasteiger partial charge is 0.352 e. The van der Waals surface area contributed by atoms with Gasteiger partial charge in [-0.15, -0.1) is 0 Å². The first-order chi connectivity index (χ1) is 20.5. The Bertz CT molecular complexity index is 1520. The van der Waals surface area contributed by atoms with Gasteiger partial charge in [-0.3, -0.25) is 13.9 Å². The average molecular weight is 649 g/mol. The highest BCUT2D eigenvalue weighted by Gasteiger charge is 2.32. The van der Waals surface area contributed by atoms with Gasteiger partial charge < -0.3 is 10.2 Å². The molecule has 1 saturated carbocycles. The summed E-state index contributed by atoms with van der Waals surface area (Å²) in [5.74, 6) is -1.28. The van der Waals surface area contributed by atoms with Gasteiger partial charge in [0, 0.05) is 42.0 Å². The van der Waals surface area contributed by atoms with Crippen molar-refractivity contribution in [2.24, 2.45) is 0 Å². The zero-order valence-corrected chi connectivity index (χ0v) is 26.3. The van der Waals surface area contributed by atoms with Crippen LogP contribution in [0, 0.1) is 5.82 Å². The number of benzene rings is 3. The molecule has 11 heteroatoms. The summed E-state index contributed by atoms with van der Waals surface area (Å²) >= 11 is 12.6. The maximum Gasteiger partial charge on any atom is 0.243 e. The lowest BCUT2D eigenvalue weighted by molar-refractivity contribution is -0.141. The van der Waals surface area contributed by atoms with E-state index >= 15 is 0 Å². The Morgan fingerprint density at radius 3 is 2.33 bits per heavy atom. The Hall–Kier alpha value is -3.14. The number of anilines is 1. The number of carbonyl (C=O) groups excluding carboxylic acids is 2. The summed E-state index contributed by atoms with van der Waals surface area (Å²) in [5.41, 5.74) is 1.42. The predicted molar refractivity (Wildman–Crippen MR) is 169 cm³/mol. The van der Waals surface area contributed by atoms with E-state index < -0.39 is 21.9 Å². The first-order valence-corrected chi connectivity index (χ1v) is 16.9. The van der Waals surface area contributed by atoms with Crippen molar-refractivity contribution in [2.75, 3.05) is 17.1 Å². The van der Waals surface area contributed by atoms with Crippen LogP contribution in [0.3, 0.4) is 0 Å². The monoisotopic (exact) mass is 647 g/mol. The molecule has 1 atom stereocenters. The number of hydrogen-bond acceptors (Lipinski definition) is 4. The van der Waals surface area contributed by atoms with Crippen molar-refractivity contribution < 1.29 is 22.4 Å². The van der Waals surface area contributed by atoms with Crippen molar-refractivity contribution in [1.29, 1.82) is 0 Å². The van der Waals surface area contributed by atoms with Crippen LogP contribution in [-0.2, 0) is 32.6 Å². The van der Waals surface area contributed by atoms with E-state index in [2.05, 4.69) is 5.32 Å². The van der Waals surface area contributed by atoms with Crippen LogP contribution in [0.15, 0.2) is 72.8 Å². The molecule has 0 bridgehead atoms. The second kappa shape index (κ2) is 15.0. The second-order valence-electron chi connectivity index (χ2n) is 10.8. The summed E-state index contributed by atoms with van der Waals surface area (Å²) in [7, 11) is -3.83. The SMILES string of the molecule is CS(=O)(=O)N(CCCC(=O)N(Cc1ccc(Cl)cc1Cl)C(Cc1ccccc1)C(=O)NC1CCCC1)c1ccccc1F. The van der Waals surface area contributed by atoms with E-state index in [0.717, 1.165) is 41.8 Å². The van der Waals surface area contributed by atoms with Gasteiger partial charge in [-0.05, 0) is 54.7 Å². The molecule has 3 aromatic carbocycles. The van der Waals surface area contributed by atoms with Gasteiger partial charge >= 0.3 is 0 Å². The summed E-state index contributed by atoms with van der Waals surface area (Å²) < 4.78 is 40.6. The van der Waals surface area contributed by atoms with Gasteiger partial charge in [-0.1, -0.05) is 84.6 Å². The molecule has 0 aliphatic heterocycles. The fourth-order valence-corrected chi connectivity index (χ4v) is 6.83. The summed E-state index contributed by atoms with van der Waals surface area (Å²) in [6.07, 6.45) is 5.16. The minimum absolute atomic E-state index is 0.0472. The van der Waals surface area contributed by atoms with Crippen LogP contribution in [0.4, 0.5) is 10.1 Å². The quantitative estimate of drug-likeness (QED) is 0.233. The third kappa shape index (κ3) is 9.17. The average Bonchev–Trinajstić information content (AvgIpc) is 3.47. The Kier molecular flexibility index (Phi) is 11.5. The molecule has 4 rings (SSSR count). The highest BCUT2D eigenvalue weighted by Crippen LogP contribution is 2.26. The Labute approximate surface area is 263 Å². The number of carbonyl (C=O) groups is 2. The second-order valence-corrected chi connectivity index (χ2v) is 13.6. The van der Waals surface area contributed by atoms with E-state index in [1.807, 2.05) is 30.3 Å². The third-order valence-electron chi connectivity index (χ3n) is 7.60. The summed E-state index contributed by atoms with van der Waals surface area (Å²) in [4.78, 5) is 29.3. The van der Waals surface area contributed by atoms with Gasteiger partial charge in [0.1, 0.15) is 11.9 Å². The van der Waals surface area contributed by atoms with Crippen molar-refractivity contribution in [3.63, 3.8) is 0 Å². The third-order valence-corrected chi connectivity index (χ3v) is 9.37. The molecule has 0 heterocycles. The zero-order chi connectivity index (χ0) is 31.0. The minimum Gasteiger partial charge on any atom is -0.352 e. The van der Waals surface area contributed by atoms with Crippen LogP contribution in [0.1, 0.15) is 49.7 Å². The molecule has 3 aromatic rings. The summed E-state index contributed by atoms with van der Waals surface area (Å²) in [6, 6.07) is 19.3. The zero-order valence-electron chi connectivity index (χ0n) is 24.0. The maximum atomic E-state index is 14.5. The Balaban J connectivity index is 1.61. The van der Waals surface area contributed by atoms with Crippen molar-refractivity contribution >= 4 is 50.7 Å². The van der Waals surface area contributed by atoms with Gasteiger partial charge in [0.25, 0.3) is 0 Å². The molecule has 0 spiro atoms. The van der Waals surface area contributed by atoms with Crippen LogP contribution >= 0.6 is 23.2 Å². The molecule has 2 amide bonds. The molecule has 0 radical (unpaired) electrons. The maximum absolute atomic E-state index is 14.5. The minimum atomic E-state index is -3.83. The van der Waals surface area contributed by atoms with Gasteiger partial charge in [0.15, 0.2) is 0 Å². The number of rotatable bonds is 13. The van der Waals surface area contributed by atoms with Gasteiger partial charge in [0.05, 0.1) is 11.9 Å². The van der Waals surface area contributed by atoms with E-state index in [1.54, 1.807) is 24.3 Å². The van der Waals surface area contributed by atoms with Gasteiger partial charge in [-0.25, -0.2) is 12.8 Å². The van der Waals surface area contributed by atoms with E-state index in [-0.39, 0.29) is 55.9 Å². The fraction of sp³-hybridized carbons (Fsp3) is 0.375. The molecule has 7 nitrogen and oxygen atoms in total. The first-order valence-electron chi connectivity index (χ1n) is 14.3. The number of amides is 2. The normalized spacial score (nSPS) is 14.3. The standard InChI is InChI=1S/C32H36Cl2FN3O4S/c1-43(41,42)38(29-15-8-7-14-28(29)35)19-9-16-31(39)37(22-24-17-18-25(33)21-27(24)34)30(20-23-10-3-2-4-11-23)32(40)36-26-12-5-6-13-26/h2-4,7-8,10-11,14-15,17-18,21,26,30H,5-6,9,12-13,16,19-20,22H2,1H3,(H,36,40). The fourth-order valence-electron chi connectivity index (χ4n) is 5.39. The molecular formula is C32H36Cl2FN3O4S. The molecule has 1 unspecified atom stereocenters. The predicted octanol–water partition coefficient (Wildman–Crippen LogP) is 6.38. The molecule has 1 aliphatic rings. The highest BCUT2D eigenvalue weighted by atomic mass is 35.5. The van der Waals surface area contributed by atoms with Crippen LogP contribution < -0.4 is 9.62 Å². The molecule has 0 saturated heterocycles. The Morgan fingerprint density at radius 1 is 1.00 bits per heavy atom. The van der Waals surface area contributed by atoms with E-state index in [0.29, 0.717) is 15.6 Å². The molecule has 43 heavy (non-hydrogen) atoms. The van der Waals surface area contributed by atoms with Crippen LogP contribution in [0.5, 0.6) is 0 Å². The van der Waals surface area contributed by atoms with Crippen molar-refractivity contribution in [3.05, 3.63) is 99.8 Å². The molecule has 230 valence electrons. The molecule has 0 aromatic heterocycles. The summed E-state index contributed by atoms with van der Waals surface area (Å²) in [5, 5.41) is 3.96. The van der Waals surface area contributed by atoms with Crippen molar-refractivity contribution in [3.8, 4) is 0 Å². The summed E-state index contributed by atoms with van der Waals surface area (Å²) in [6.45, 7) is -0.0633. The van der Waals surface area contributed by atoms with Gasteiger partial charge in [0.2, 0.25) is 21.8 Å². The number of sulfonamides is 1. The number of nitrogens with one attached hydrogen (secondary N) is 1. The molecule has 1 N–H and O–H groups in total. The van der Waals surface area contributed by atoms with Crippen molar-refractivity contribution in [1.82, 2.24) is 10.2 Å². The van der Waals surface area contributed by atoms with Crippen LogP contribution in [0.2, 0.25) is 10.0 Å². The number of para-hydroxylation sites is 1. The lowest BCUT2D eigenvalue weighted by Crippen LogP contribution is -2.52. The smallest absolute Gasteiger partial charge is 0.243 e. The Morgan fingerprint density at radius 2 is 1.67 bits per heavy atom. The molecule has 1 aliphatic carbocycles. The van der Waals surface area contributed by atoms with Crippen LogP contribution in [0.25, 0.3) is 0 Å². The lowest BCUT2D eigenvalue weighted by Gasteiger charge is -2.33. The number of hydrogen-bond donors (Lipinski definition) is 1. The first kappa shape index (κ1) is 32.8. The van der Waals surface area contributed by atoms with Crippen LogP contribution in [-0.4, -0.2) is 50.0 Å². The van der Waals surface area contributed by atoms with E-state index in [1.165, 1.54) is 23.1 Å². The topological polar surface area (TPSA) is 86.8 Å². The van der Waals surface area contributed by atoms with E-state index in [9.17, 15) is 22.4 Å². The molecular weight excluding hydrogens is 612 g/mol. The number of nitrogens with zero attached hydrogens (tertiary/aromatic N) is 2. The lowest BCUT2D eigenvalue weighted by atomic mass is 10.0. The highest BCUT2D eigenvalue weighted by molar-refractivity contribution is 7.92. The molecule has 1 fully saturated rings. The number of halogens is 3. The van der Waals surface area contributed by atoms with Gasteiger partial charge in [-0.2, -0.15) is 0 Å². The van der Waals surface area contributed by atoms with Crippen molar-refractivity contribution in [2.45, 2.75) is 63.6 Å². The van der Waals surface area contributed by atoms with E-state index in [4.69, 9.17) is 23.2 Å².